The van der Waals surface area contributed by atoms with Crippen molar-refractivity contribution in [2.45, 2.75) is 12.1 Å². The number of hydrogen-bond donors (Lipinski definition) is 1. The van der Waals surface area contributed by atoms with E-state index in [4.69, 9.17) is 9.47 Å². The molecule has 1 fully saturated rings. The first kappa shape index (κ1) is 14.1. The summed E-state index contributed by atoms with van der Waals surface area (Å²) in [7, 11) is 0. The van der Waals surface area contributed by atoms with Crippen LogP contribution in [0, 0.1) is 0 Å². The minimum atomic E-state index is -0.979. The van der Waals surface area contributed by atoms with E-state index in [0.29, 0.717) is 23.8 Å². The Kier molecular flexibility index (Phi) is 3.92. The van der Waals surface area contributed by atoms with Gasteiger partial charge in [0.1, 0.15) is 12.6 Å². The van der Waals surface area contributed by atoms with E-state index in [1.54, 1.807) is 30.0 Å². The molecule has 0 saturated carbocycles. The zero-order valence-electron chi connectivity index (χ0n) is 11.2. The fraction of sp³-hybridized carbons (Fsp3) is 0.429. The van der Waals surface area contributed by atoms with Crippen LogP contribution in [0.3, 0.4) is 0 Å². The number of nitrogens with zero attached hydrogens (tertiary/aromatic N) is 1. The van der Waals surface area contributed by atoms with Crippen molar-refractivity contribution in [1.29, 1.82) is 0 Å². The van der Waals surface area contributed by atoms with Crippen molar-refractivity contribution < 1.29 is 24.2 Å². The molecule has 1 N–H and O–H groups in total. The van der Waals surface area contributed by atoms with Crippen LogP contribution in [0.1, 0.15) is 0 Å². The van der Waals surface area contributed by atoms with E-state index in [1.807, 2.05) is 6.07 Å². The molecule has 2 heterocycles. The summed E-state index contributed by atoms with van der Waals surface area (Å²) in [6, 6.07) is 6.33. The smallest absolute Gasteiger partial charge is 0.327 e. The molecule has 3 rings (SSSR count). The van der Waals surface area contributed by atoms with Crippen LogP contribution in [0.5, 0.6) is 11.5 Å². The van der Waals surface area contributed by atoms with Gasteiger partial charge in [0.05, 0.1) is 0 Å². The molecule has 2 atom stereocenters. The van der Waals surface area contributed by atoms with Gasteiger partial charge < -0.3 is 19.5 Å². The molecule has 2 aliphatic rings. The number of aliphatic carboxylic acids is 1. The van der Waals surface area contributed by atoms with Crippen LogP contribution in [-0.4, -0.2) is 58.7 Å². The van der Waals surface area contributed by atoms with Crippen LogP contribution in [0.2, 0.25) is 0 Å². The summed E-state index contributed by atoms with van der Waals surface area (Å²) >= 11 is 1.54. The molecule has 1 amide bonds. The second-order valence-corrected chi connectivity index (χ2v) is 5.97. The van der Waals surface area contributed by atoms with Crippen molar-refractivity contribution in [2.24, 2.45) is 0 Å². The average Bonchev–Trinajstić information content (AvgIpc) is 2.53. The Morgan fingerprint density at radius 1 is 1.29 bits per heavy atom. The average molecular weight is 309 g/mol. The summed E-state index contributed by atoms with van der Waals surface area (Å²) in [5.74, 6) is 0.959. The molecular formula is C14H15NO5S. The van der Waals surface area contributed by atoms with Crippen molar-refractivity contribution in [3.05, 3.63) is 24.3 Å². The lowest BCUT2D eigenvalue weighted by atomic mass is 10.2. The number of hydrogen-bond acceptors (Lipinski definition) is 5. The Bertz CT molecular complexity index is 564. The monoisotopic (exact) mass is 309 g/mol. The first-order valence-electron chi connectivity index (χ1n) is 6.66. The summed E-state index contributed by atoms with van der Waals surface area (Å²) < 4.78 is 11.2. The Hall–Kier alpha value is -1.89. The molecule has 7 heteroatoms. The zero-order chi connectivity index (χ0) is 14.8. The minimum absolute atomic E-state index is 0.103. The molecule has 0 bridgehead atoms. The number of carbonyl (C=O) groups excluding carboxylic acids is 1. The maximum absolute atomic E-state index is 12.5. The van der Waals surface area contributed by atoms with Gasteiger partial charge in [-0.1, -0.05) is 12.1 Å². The lowest BCUT2D eigenvalue weighted by molar-refractivity contribution is -0.153. The van der Waals surface area contributed by atoms with E-state index in [2.05, 4.69) is 0 Å². The van der Waals surface area contributed by atoms with E-state index < -0.39 is 18.1 Å². The first-order chi connectivity index (χ1) is 10.2. The van der Waals surface area contributed by atoms with Gasteiger partial charge in [-0.2, -0.15) is 11.8 Å². The Morgan fingerprint density at radius 2 is 2.05 bits per heavy atom. The van der Waals surface area contributed by atoms with Crippen LogP contribution in [-0.2, 0) is 9.59 Å². The van der Waals surface area contributed by atoms with Crippen LogP contribution < -0.4 is 9.47 Å². The molecule has 1 saturated heterocycles. The molecule has 112 valence electrons. The van der Waals surface area contributed by atoms with Gasteiger partial charge in [0.15, 0.2) is 11.5 Å². The zero-order valence-corrected chi connectivity index (χ0v) is 12.0. The molecule has 6 nitrogen and oxygen atoms in total. The van der Waals surface area contributed by atoms with E-state index in [-0.39, 0.29) is 12.5 Å². The highest BCUT2D eigenvalue weighted by atomic mass is 32.2. The highest BCUT2D eigenvalue weighted by Gasteiger charge is 2.38. The number of rotatable bonds is 2. The molecule has 0 aromatic heterocycles. The fourth-order valence-corrected chi connectivity index (χ4v) is 3.44. The quantitative estimate of drug-likeness (QED) is 0.873. The van der Waals surface area contributed by atoms with Gasteiger partial charge in [-0.15, -0.1) is 0 Å². The molecule has 0 aliphatic carbocycles. The number of amides is 1. The maximum atomic E-state index is 12.5. The number of carboxylic acids is 1. The van der Waals surface area contributed by atoms with E-state index >= 15 is 0 Å². The molecule has 2 unspecified atom stereocenters. The van der Waals surface area contributed by atoms with Crippen molar-refractivity contribution in [2.75, 3.05) is 24.7 Å². The van der Waals surface area contributed by atoms with E-state index in [1.165, 1.54) is 4.90 Å². The molecule has 0 radical (unpaired) electrons. The van der Waals surface area contributed by atoms with Crippen LogP contribution >= 0.6 is 11.8 Å². The van der Waals surface area contributed by atoms with Gasteiger partial charge in [-0.3, -0.25) is 4.79 Å². The molecule has 1 aromatic carbocycles. The number of carboxylic acid groups (broad SMARTS) is 1. The highest BCUT2D eigenvalue weighted by molar-refractivity contribution is 7.99. The Morgan fingerprint density at radius 3 is 2.81 bits per heavy atom. The van der Waals surface area contributed by atoms with Crippen molar-refractivity contribution in [3.8, 4) is 11.5 Å². The van der Waals surface area contributed by atoms with Gasteiger partial charge in [-0.25, -0.2) is 4.79 Å². The third-order valence-corrected chi connectivity index (χ3v) is 4.50. The molecule has 1 aromatic rings. The third-order valence-electron chi connectivity index (χ3n) is 3.48. The number of para-hydroxylation sites is 2. The van der Waals surface area contributed by atoms with Gasteiger partial charge in [0.2, 0.25) is 6.10 Å². The van der Waals surface area contributed by atoms with Crippen molar-refractivity contribution in [3.63, 3.8) is 0 Å². The predicted molar refractivity (Wildman–Crippen MR) is 76.8 cm³/mol. The van der Waals surface area contributed by atoms with Crippen molar-refractivity contribution in [1.82, 2.24) is 4.90 Å². The first-order valence-corrected chi connectivity index (χ1v) is 7.82. The van der Waals surface area contributed by atoms with Crippen LogP contribution in [0.15, 0.2) is 24.3 Å². The summed E-state index contributed by atoms with van der Waals surface area (Å²) in [5.41, 5.74) is 0. The van der Waals surface area contributed by atoms with Gasteiger partial charge in [-0.05, 0) is 12.1 Å². The SMILES string of the molecule is O=C(O)C1CSCCN1C(=O)C1COc2ccccc2O1. The number of ether oxygens (including phenoxy) is 2. The van der Waals surface area contributed by atoms with Gasteiger partial charge in [0, 0.05) is 18.1 Å². The lowest BCUT2D eigenvalue weighted by Crippen LogP contribution is -2.56. The Balaban J connectivity index is 1.75. The number of carbonyl (C=O) groups is 2. The topological polar surface area (TPSA) is 76.1 Å². The predicted octanol–water partition coefficient (Wildman–Crippen LogP) is 0.855. The number of benzene rings is 1. The molecular weight excluding hydrogens is 294 g/mol. The van der Waals surface area contributed by atoms with Gasteiger partial charge >= 0.3 is 5.97 Å². The summed E-state index contributed by atoms with van der Waals surface area (Å²) in [5, 5.41) is 9.23. The largest absolute Gasteiger partial charge is 0.485 e. The van der Waals surface area contributed by atoms with Crippen LogP contribution in [0.4, 0.5) is 0 Å². The molecule has 2 aliphatic heterocycles. The van der Waals surface area contributed by atoms with Crippen molar-refractivity contribution >= 4 is 23.6 Å². The second-order valence-electron chi connectivity index (χ2n) is 4.82. The standard InChI is InChI=1S/C14H15NO5S/c16-13(15-5-6-21-8-9(15)14(17)18)12-7-19-10-3-1-2-4-11(10)20-12/h1-4,9,12H,5-8H2,(H,17,18). The maximum Gasteiger partial charge on any atom is 0.327 e. The molecule has 0 spiro atoms. The number of thioether (sulfide) groups is 1. The minimum Gasteiger partial charge on any atom is -0.485 e. The normalized spacial score (nSPS) is 24.5. The van der Waals surface area contributed by atoms with Gasteiger partial charge in [0.25, 0.3) is 5.91 Å². The highest BCUT2D eigenvalue weighted by Crippen LogP contribution is 2.31. The third kappa shape index (κ3) is 2.78. The van der Waals surface area contributed by atoms with E-state index in [0.717, 1.165) is 5.75 Å². The van der Waals surface area contributed by atoms with Crippen LogP contribution in [0.25, 0.3) is 0 Å². The fourth-order valence-electron chi connectivity index (χ4n) is 2.40. The summed E-state index contributed by atoms with van der Waals surface area (Å²) in [4.78, 5) is 25.2. The second kappa shape index (κ2) is 5.85. The summed E-state index contributed by atoms with van der Waals surface area (Å²) in [6.07, 6.45) is -0.787. The lowest BCUT2D eigenvalue weighted by Gasteiger charge is -2.36. The Labute approximate surface area is 126 Å². The molecule has 21 heavy (non-hydrogen) atoms. The van der Waals surface area contributed by atoms with E-state index in [9.17, 15) is 14.7 Å². The number of fused-ring (bicyclic) bond motifs is 1. The summed E-state index contributed by atoms with van der Waals surface area (Å²) in [6.45, 7) is 0.522.